The van der Waals surface area contributed by atoms with E-state index in [1.807, 2.05) is 59.2 Å². The van der Waals surface area contributed by atoms with Crippen LogP contribution in [0.5, 0.6) is 5.75 Å². The molecule has 5 rings (SSSR count). The summed E-state index contributed by atoms with van der Waals surface area (Å²) in [6, 6.07) is 23.9. The number of aliphatic carboxylic acids is 2. The molecule has 44 heavy (non-hydrogen) atoms. The number of rotatable bonds is 9. The molecule has 11 nitrogen and oxygen atoms in total. The number of benzene rings is 3. The molecule has 0 saturated carbocycles. The summed E-state index contributed by atoms with van der Waals surface area (Å²) in [6.07, 6.45) is 0.556. The number of ether oxygens (including phenoxy) is 1. The van der Waals surface area contributed by atoms with Gasteiger partial charge in [-0.25, -0.2) is 0 Å². The molecule has 0 saturated heterocycles. The number of carboxylic acid groups (broad SMARTS) is 2. The molecular weight excluding hydrogens is 568 g/mol. The molecule has 0 aliphatic carbocycles. The van der Waals surface area contributed by atoms with E-state index in [0.717, 1.165) is 27.8 Å². The number of carbonyl (C=O) groups is 3. The van der Waals surface area contributed by atoms with E-state index in [-0.39, 0.29) is 5.78 Å². The highest BCUT2D eigenvalue weighted by Crippen LogP contribution is 2.31. The van der Waals surface area contributed by atoms with Crippen molar-refractivity contribution in [3.8, 4) is 5.75 Å². The number of aliphatic hydroxyl groups is 3. The van der Waals surface area contributed by atoms with E-state index < -0.39 is 49.1 Å². The Morgan fingerprint density at radius 1 is 0.909 bits per heavy atom. The van der Waals surface area contributed by atoms with E-state index in [2.05, 4.69) is 0 Å². The first-order valence-corrected chi connectivity index (χ1v) is 13.9. The Morgan fingerprint density at radius 3 is 2.07 bits per heavy atom. The summed E-state index contributed by atoms with van der Waals surface area (Å²) in [6.45, 7) is 1.07. The highest BCUT2D eigenvalue weighted by Gasteiger charge is 2.31. The monoisotopic (exact) mass is 606 g/mol. The van der Waals surface area contributed by atoms with Crippen LogP contribution in [-0.2, 0) is 16.1 Å². The van der Waals surface area contributed by atoms with Gasteiger partial charge in [0.1, 0.15) is 5.75 Å². The molecule has 0 amide bonds. The normalized spacial score (nSPS) is 14.4. The van der Waals surface area contributed by atoms with Crippen molar-refractivity contribution in [2.45, 2.75) is 37.3 Å². The second-order valence-corrected chi connectivity index (χ2v) is 10.5. The predicted octanol–water partition coefficient (Wildman–Crippen LogP) is 2.99. The van der Waals surface area contributed by atoms with Gasteiger partial charge < -0.3 is 40.6 Å². The maximum absolute atomic E-state index is 12.4. The van der Waals surface area contributed by atoms with Gasteiger partial charge >= 0.3 is 11.9 Å². The number of aromatic nitrogens is 1. The molecular formula is C33H38N2O9. The fraction of sp³-hybridized carbons (Fsp3) is 0.303. The first-order chi connectivity index (χ1) is 21.0. The average molecular weight is 607 g/mol. The van der Waals surface area contributed by atoms with Gasteiger partial charge in [0.05, 0.1) is 50.0 Å². The van der Waals surface area contributed by atoms with Gasteiger partial charge in [-0.15, -0.1) is 0 Å². The number of hydrogen-bond acceptors (Lipinski definition) is 8. The minimum absolute atomic E-state index is 0.0575. The first-order valence-electron chi connectivity index (χ1n) is 13.9. The zero-order valence-corrected chi connectivity index (χ0v) is 24.6. The topological polar surface area (TPSA) is 193 Å². The molecule has 11 heteroatoms. The zero-order chi connectivity index (χ0) is 32.4. The molecule has 0 radical (unpaired) electrons. The van der Waals surface area contributed by atoms with Crippen LogP contribution in [0.2, 0.25) is 0 Å². The van der Waals surface area contributed by atoms with Gasteiger partial charge in [-0.1, -0.05) is 54.6 Å². The van der Waals surface area contributed by atoms with Crippen LogP contribution in [0.25, 0.3) is 10.8 Å². The fourth-order valence-corrected chi connectivity index (χ4v) is 4.56. The lowest BCUT2D eigenvalue weighted by atomic mass is 9.98. The van der Waals surface area contributed by atoms with Gasteiger partial charge in [0.15, 0.2) is 0 Å². The molecule has 2 atom stereocenters. The number of nitrogens with zero attached hydrogens (tertiary/aromatic N) is 1. The van der Waals surface area contributed by atoms with Crippen LogP contribution in [0, 0.1) is 0 Å². The molecule has 4 aromatic rings. The quantitative estimate of drug-likeness (QED) is 0.154. The van der Waals surface area contributed by atoms with Crippen molar-refractivity contribution in [2.24, 2.45) is 5.73 Å². The van der Waals surface area contributed by atoms with Crippen molar-refractivity contribution in [2.75, 3.05) is 26.9 Å². The molecule has 1 unspecified atom stereocenters. The summed E-state index contributed by atoms with van der Waals surface area (Å²) < 4.78 is 6.97. The van der Waals surface area contributed by atoms with Crippen LogP contribution in [0.15, 0.2) is 78.9 Å². The lowest BCUT2D eigenvalue weighted by molar-refractivity contribution is -0.139. The third kappa shape index (κ3) is 8.08. The Balaban J connectivity index is 0.000000196. The standard InChI is InChI=1S/C15H13NO3.C14H14O3.C4H11NO3/c17-14(10-4-2-1-3-5-10)13-7-6-12-11(15(18)19)8-9-16(12)13;1-9(14(15)16)10-3-4-12-8-13(17-2)6-5-11(12)7-10;5-4(1-6,2-7)3-8/h1-7,11H,8-9H2,(H,18,19);3-9H,1-2H3,(H,15,16);6-8H,1-3,5H2/t;9-;/m.0./s1. The van der Waals surface area contributed by atoms with Crippen molar-refractivity contribution in [3.05, 3.63) is 101 Å². The summed E-state index contributed by atoms with van der Waals surface area (Å²) >= 11 is 0. The minimum Gasteiger partial charge on any atom is -0.497 e. The van der Waals surface area contributed by atoms with Crippen LogP contribution in [0.3, 0.4) is 0 Å². The molecule has 2 heterocycles. The van der Waals surface area contributed by atoms with E-state index >= 15 is 0 Å². The van der Waals surface area contributed by atoms with Gasteiger partial charge in [-0.2, -0.15) is 0 Å². The van der Waals surface area contributed by atoms with Crippen molar-refractivity contribution in [3.63, 3.8) is 0 Å². The number of nitrogens with two attached hydrogens (primary N) is 1. The summed E-state index contributed by atoms with van der Waals surface area (Å²) in [7, 11) is 1.63. The van der Waals surface area contributed by atoms with E-state index in [4.69, 9.17) is 36.0 Å². The highest BCUT2D eigenvalue weighted by atomic mass is 16.5. The second kappa shape index (κ2) is 15.3. The number of fused-ring (bicyclic) bond motifs is 2. The number of methoxy groups -OCH3 is 1. The largest absolute Gasteiger partial charge is 0.497 e. The Morgan fingerprint density at radius 2 is 1.52 bits per heavy atom. The van der Waals surface area contributed by atoms with Gasteiger partial charge in [-0.3, -0.25) is 14.4 Å². The van der Waals surface area contributed by atoms with E-state index in [9.17, 15) is 14.4 Å². The lowest BCUT2D eigenvalue weighted by Crippen LogP contribution is -2.50. The van der Waals surface area contributed by atoms with E-state index in [0.29, 0.717) is 24.2 Å². The second-order valence-electron chi connectivity index (χ2n) is 10.5. The fourth-order valence-electron chi connectivity index (χ4n) is 4.56. The Bertz CT molecular complexity index is 1570. The maximum Gasteiger partial charge on any atom is 0.312 e. The smallest absolute Gasteiger partial charge is 0.312 e. The van der Waals surface area contributed by atoms with Gasteiger partial charge in [0.2, 0.25) is 5.78 Å². The van der Waals surface area contributed by atoms with Crippen LogP contribution >= 0.6 is 0 Å². The SMILES string of the molecule is COc1ccc2cc([C@H](C)C(=O)O)ccc2c1.NC(CO)(CO)CO.O=C(c1ccccc1)c1ccc2n1CCC2C(=O)O. The first kappa shape index (κ1) is 33.9. The van der Waals surface area contributed by atoms with Crippen LogP contribution < -0.4 is 10.5 Å². The summed E-state index contributed by atoms with van der Waals surface area (Å²) in [5, 5.41) is 45.2. The molecule has 234 valence electrons. The van der Waals surface area contributed by atoms with Crippen LogP contribution in [-0.4, -0.2) is 80.3 Å². The number of carboxylic acids is 2. The molecule has 0 fully saturated rings. The lowest BCUT2D eigenvalue weighted by Gasteiger charge is -2.20. The Kier molecular flexibility index (Phi) is 11.8. The molecule has 1 aliphatic heterocycles. The molecule has 1 aromatic heterocycles. The molecule has 3 aromatic carbocycles. The molecule has 1 aliphatic rings. The summed E-state index contributed by atoms with van der Waals surface area (Å²) in [5.74, 6) is -1.86. The third-order valence-electron chi connectivity index (χ3n) is 7.47. The number of aliphatic hydroxyl groups excluding tert-OH is 3. The maximum atomic E-state index is 12.4. The highest BCUT2D eigenvalue weighted by molar-refractivity contribution is 6.08. The summed E-state index contributed by atoms with van der Waals surface area (Å²) in [5.41, 5.74) is 6.68. The zero-order valence-electron chi connectivity index (χ0n) is 24.6. The van der Waals surface area contributed by atoms with Gasteiger partial charge in [0, 0.05) is 17.8 Å². The number of ketones is 1. The minimum atomic E-state index is -1.21. The number of hydrogen-bond donors (Lipinski definition) is 6. The van der Waals surface area contributed by atoms with E-state index in [1.54, 1.807) is 38.3 Å². The third-order valence-corrected chi connectivity index (χ3v) is 7.47. The van der Waals surface area contributed by atoms with E-state index in [1.165, 1.54) is 0 Å². The van der Waals surface area contributed by atoms with Crippen molar-refractivity contribution in [1.29, 1.82) is 0 Å². The van der Waals surface area contributed by atoms with Gasteiger partial charge in [-0.05, 0) is 53.9 Å². The summed E-state index contributed by atoms with van der Waals surface area (Å²) in [4.78, 5) is 34.4. The number of carbonyl (C=O) groups excluding carboxylic acids is 1. The van der Waals surface area contributed by atoms with Crippen molar-refractivity contribution in [1.82, 2.24) is 4.57 Å². The Labute approximate surface area is 254 Å². The average Bonchev–Trinajstić information content (AvgIpc) is 3.67. The molecule has 0 spiro atoms. The van der Waals surface area contributed by atoms with Crippen LogP contribution in [0.1, 0.15) is 52.5 Å². The van der Waals surface area contributed by atoms with Gasteiger partial charge in [0.25, 0.3) is 0 Å². The predicted molar refractivity (Wildman–Crippen MR) is 164 cm³/mol. The molecule has 7 N–H and O–H groups in total. The van der Waals surface area contributed by atoms with Crippen LogP contribution in [0.4, 0.5) is 0 Å². The molecule has 0 bridgehead atoms. The van der Waals surface area contributed by atoms with Crippen molar-refractivity contribution < 1.29 is 44.7 Å². The Hall–Kier alpha value is -4.55. The van der Waals surface area contributed by atoms with Crippen molar-refractivity contribution >= 4 is 28.5 Å².